The van der Waals surface area contributed by atoms with Gasteiger partial charge in [-0.25, -0.2) is 0 Å². The van der Waals surface area contributed by atoms with Crippen LogP contribution in [0.2, 0.25) is 0 Å². The van der Waals surface area contributed by atoms with Crippen LogP contribution in [0.4, 0.5) is 0 Å². The average molecular weight is 879 g/mol. The van der Waals surface area contributed by atoms with Crippen LogP contribution < -0.4 is 113 Å². The van der Waals surface area contributed by atoms with E-state index in [9.17, 15) is 24.3 Å². The number of nitrogens with zero attached hydrogens (tertiary/aromatic N) is 2. The topological polar surface area (TPSA) is 194 Å². The number of hydrogen-bond donors (Lipinski definition) is 3. The van der Waals surface area contributed by atoms with Crippen LogP contribution in [0, 0.1) is 0 Å². The number of amides is 2. The number of phenolic OH excluding ortho intramolecular Hbond substituents is 3. The Balaban J connectivity index is 0.000000882. The van der Waals surface area contributed by atoms with Gasteiger partial charge < -0.3 is 41.4 Å². The van der Waals surface area contributed by atoms with Gasteiger partial charge in [-0.15, -0.1) is 11.6 Å². The van der Waals surface area contributed by atoms with E-state index in [4.69, 9.17) is 36.6 Å². The van der Waals surface area contributed by atoms with Crippen LogP contribution in [0.1, 0.15) is 60.0 Å². The maximum absolute atomic E-state index is 11.8. The first-order valence-electron chi connectivity index (χ1n) is 17.7. The summed E-state index contributed by atoms with van der Waals surface area (Å²) >= 11 is 5.99. The van der Waals surface area contributed by atoms with Gasteiger partial charge in [0.1, 0.15) is 29.6 Å². The number of benzene rings is 4. The largest absolute Gasteiger partial charge is 1.00 e. The summed E-state index contributed by atoms with van der Waals surface area (Å²) in [5, 5.41) is 36.0. The molecule has 6 rings (SSSR count). The zero-order valence-electron chi connectivity index (χ0n) is 34.5. The van der Waals surface area contributed by atoms with E-state index in [1.807, 2.05) is 58.3 Å². The maximum Gasteiger partial charge on any atom is 1.00 e. The molecule has 59 heavy (non-hydrogen) atoms. The summed E-state index contributed by atoms with van der Waals surface area (Å²) in [5.41, 5.74) is 6.95. The fourth-order valence-electron chi connectivity index (χ4n) is 5.92. The molecule has 0 aliphatic carbocycles. The van der Waals surface area contributed by atoms with Crippen molar-refractivity contribution >= 4 is 53.6 Å². The van der Waals surface area contributed by atoms with Crippen LogP contribution in [-0.4, -0.2) is 94.6 Å². The van der Waals surface area contributed by atoms with Gasteiger partial charge in [-0.1, -0.05) is 72.8 Å². The molecule has 302 valence electrons. The van der Waals surface area contributed by atoms with Gasteiger partial charge in [0.25, 0.3) is 6.47 Å². The fraction of sp³-hybridized carbons (Fsp3) is 0.233. The second-order valence-electron chi connectivity index (χ2n) is 12.5. The first-order chi connectivity index (χ1) is 27.5. The Hall–Kier alpha value is -3.17. The van der Waals surface area contributed by atoms with E-state index >= 15 is 0 Å². The molecule has 0 radical (unpaired) electrons. The van der Waals surface area contributed by atoms with Crippen molar-refractivity contribution in [3.05, 3.63) is 130 Å². The van der Waals surface area contributed by atoms with Gasteiger partial charge >= 0.3 is 103 Å². The quantitative estimate of drug-likeness (QED) is 0.0657. The standard InChI is InChI=1S/C21H21NO4.C14H16ClNO.C7H6O3.CH2O3.2K.H/c1-15(24)22-11-10-17(18(12-22)16-6-3-2-4-7-16)14-26-21-9-5-8-20(25)19(21)13-23;1-11(17)16-8-7-13(9-15)14(10-16)12-5-3-2-4-6-12;8-4-5-6(9)2-1-3-7(5)10;2-1-4-3;;;/h2-9,13,25H,10-12,14H2,1H3;2-6H,7-10H2,1H3;1-4,9-10H;1,3H;;;/q;;;;2*+1;-1/p-1. The molecule has 2 amide bonds. The van der Waals surface area contributed by atoms with Gasteiger partial charge in [0.05, 0.1) is 11.1 Å². The van der Waals surface area contributed by atoms with E-state index in [1.54, 1.807) is 26.0 Å². The molecule has 4 aromatic carbocycles. The van der Waals surface area contributed by atoms with Gasteiger partial charge in [-0.05, 0) is 70.5 Å². The molecule has 2 heterocycles. The predicted molar refractivity (Wildman–Crippen MR) is 214 cm³/mol. The second kappa shape index (κ2) is 29.1. The Morgan fingerprint density at radius 1 is 0.678 bits per heavy atom. The van der Waals surface area contributed by atoms with Gasteiger partial charge in [-0.2, -0.15) is 0 Å². The molecular weight excluding hydrogens is 834 g/mol. The number of ether oxygens (including phenoxy) is 1. The zero-order valence-corrected chi connectivity index (χ0v) is 40.5. The number of carbonyl (C=O) groups is 5. The third-order valence-corrected chi connectivity index (χ3v) is 9.32. The zero-order chi connectivity index (χ0) is 41.7. The van der Waals surface area contributed by atoms with Gasteiger partial charge in [0.2, 0.25) is 11.8 Å². The fourth-order valence-corrected chi connectivity index (χ4v) is 6.22. The molecule has 2 aliphatic rings. The van der Waals surface area contributed by atoms with E-state index < -0.39 is 0 Å². The molecule has 0 spiro atoms. The van der Waals surface area contributed by atoms with Crippen molar-refractivity contribution < 1.29 is 158 Å². The summed E-state index contributed by atoms with van der Waals surface area (Å²) in [6.07, 6.45) is 2.59. The summed E-state index contributed by atoms with van der Waals surface area (Å²) in [7, 11) is 0. The number of aldehydes is 2. The molecule has 0 saturated heterocycles. The van der Waals surface area contributed by atoms with Crippen molar-refractivity contribution in [2.45, 2.75) is 26.7 Å². The van der Waals surface area contributed by atoms with Crippen LogP contribution >= 0.6 is 11.6 Å². The van der Waals surface area contributed by atoms with Crippen LogP contribution in [0.5, 0.6) is 23.0 Å². The molecular formula is C43H45ClK2N2O11. The normalized spacial score (nSPS) is 12.9. The average Bonchev–Trinajstić information content (AvgIpc) is 3.24. The Bertz CT molecular complexity index is 2040. The smallest absolute Gasteiger partial charge is 1.00 e. The van der Waals surface area contributed by atoms with Gasteiger partial charge in [0, 0.05) is 45.9 Å². The molecule has 0 saturated carbocycles. The molecule has 0 aromatic heterocycles. The van der Waals surface area contributed by atoms with Crippen molar-refractivity contribution in [1.29, 1.82) is 0 Å². The van der Waals surface area contributed by atoms with Crippen molar-refractivity contribution in [2.75, 3.05) is 38.7 Å². The molecule has 2 aliphatic heterocycles. The van der Waals surface area contributed by atoms with Crippen LogP contribution in [0.25, 0.3) is 11.1 Å². The molecule has 13 nitrogen and oxygen atoms in total. The Morgan fingerprint density at radius 2 is 1.08 bits per heavy atom. The molecule has 16 heteroatoms. The number of aromatic hydroxyl groups is 3. The number of alkyl halides is 1. The summed E-state index contributed by atoms with van der Waals surface area (Å²) < 4.78 is 5.84. The predicted octanol–water partition coefficient (Wildman–Crippen LogP) is -0.314. The Morgan fingerprint density at radius 3 is 1.47 bits per heavy atom. The van der Waals surface area contributed by atoms with Crippen LogP contribution in [0.3, 0.4) is 0 Å². The minimum absolute atomic E-state index is 0. The molecule has 4 aromatic rings. The first-order valence-corrected chi connectivity index (χ1v) is 18.2. The van der Waals surface area contributed by atoms with Gasteiger partial charge in [-0.3, -0.25) is 24.0 Å². The molecule has 0 bridgehead atoms. The monoisotopic (exact) mass is 878 g/mol. The maximum atomic E-state index is 11.8. The van der Waals surface area contributed by atoms with Crippen molar-refractivity contribution in [2.24, 2.45) is 0 Å². The van der Waals surface area contributed by atoms with Crippen LogP contribution in [0.15, 0.2) is 108 Å². The Labute approximate surface area is 434 Å². The number of phenols is 3. The van der Waals surface area contributed by atoms with E-state index in [0.29, 0.717) is 56.9 Å². The number of halogens is 1. The molecule has 0 atom stereocenters. The van der Waals surface area contributed by atoms with E-state index in [1.165, 1.54) is 41.0 Å². The molecule has 0 fully saturated rings. The van der Waals surface area contributed by atoms with Crippen LogP contribution in [-0.2, 0) is 19.3 Å². The summed E-state index contributed by atoms with van der Waals surface area (Å²) in [6, 6.07) is 29.0. The van der Waals surface area contributed by atoms with E-state index in [0.717, 1.165) is 29.7 Å². The van der Waals surface area contributed by atoms with Crippen molar-refractivity contribution in [3.63, 3.8) is 0 Å². The first kappa shape index (κ1) is 53.9. The number of carbonyl (C=O) groups excluding carboxylic acids is 5. The van der Waals surface area contributed by atoms with Gasteiger partial charge in [0.15, 0.2) is 12.6 Å². The van der Waals surface area contributed by atoms with Crippen molar-refractivity contribution in [3.8, 4) is 23.0 Å². The Kier molecular flexibility index (Phi) is 26.6. The molecule has 3 N–H and O–H groups in total. The summed E-state index contributed by atoms with van der Waals surface area (Å²) in [5.74, 6) is 0.595. The number of rotatable bonds is 9. The second-order valence-corrected chi connectivity index (χ2v) is 12.8. The third kappa shape index (κ3) is 17.0. The van der Waals surface area contributed by atoms with E-state index in [-0.39, 0.29) is 151 Å². The van der Waals surface area contributed by atoms with Crippen molar-refractivity contribution in [1.82, 2.24) is 9.80 Å². The SMILES string of the molecule is CC(=O)N1CCC(CCl)=C(c2ccccc2)C1.CC(=O)N1CCC(COc2cccc(O)c2C=O)=C(c2ccccc2)C1.O=CO[O-].O=Cc1c(O)cccc1O.[H-].[K+].[K+]. The summed E-state index contributed by atoms with van der Waals surface area (Å²) in [4.78, 5) is 59.5. The third-order valence-electron chi connectivity index (χ3n) is 9.00. The van der Waals surface area contributed by atoms with E-state index in [2.05, 4.69) is 17.0 Å². The summed E-state index contributed by atoms with van der Waals surface area (Å²) in [6.45, 7) is 5.97. The number of hydrogen-bond acceptors (Lipinski definition) is 11. The minimum atomic E-state index is -0.199. The molecule has 0 unspecified atom stereocenters. The minimum Gasteiger partial charge on any atom is -1.00 e.